The molecule has 2 aromatic rings. The number of aryl methyl sites for hydroxylation is 2. The zero-order valence-electron chi connectivity index (χ0n) is 16.6. The number of benzene rings is 2. The molecule has 0 aromatic heterocycles. The SMILES string of the molecule is Cc1ccc(C(=O)NNC(=O)CCN2CCN(c3ccccc3)CC2)cc1C. The summed E-state index contributed by atoms with van der Waals surface area (Å²) in [5, 5.41) is 0. The lowest BCUT2D eigenvalue weighted by molar-refractivity contribution is -0.122. The van der Waals surface area contributed by atoms with E-state index >= 15 is 0 Å². The molecular formula is C22H28N4O2. The number of piperazine rings is 1. The number of para-hydroxylation sites is 1. The second kappa shape index (κ2) is 9.37. The van der Waals surface area contributed by atoms with Crippen molar-refractivity contribution in [3.63, 3.8) is 0 Å². The van der Waals surface area contributed by atoms with E-state index in [0.29, 0.717) is 18.5 Å². The van der Waals surface area contributed by atoms with E-state index in [1.54, 1.807) is 6.07 Å². The van der Waals surface area contributed by atoms with Crippen LogP contribution in [0.25, 0.3) is 0 Å². The van der Waals surface area contributed by atoms with Gasteiger partial charge < -0.3 is 4.90 Å². The number of nitrogens with zero attached hydrogens (tertiary/aromatic N) is 2. The molecule has 0 spiro atoms. The van der Waals surface area contributed by atoms with Crippen LogP contribution in [0.4, 0.5) is 5.69 Å². The van der Waals surface area contributed by atoms with E-state index in [2.05, 4.69) is 44.9 Å². The zero-order valence-corrected chi connectivity index (χ0v) is 16.6. The summed E-state index contributed by atoms with van der Waals surface area (Å²) in [6.07, 6.45) is 0.360. The van der Waals surface area contributed by atoms with Crippen molar-refractivity contribution in [3.05, 3.63) is 65.2 Å². The van der Waals surface area contributed by atoms with Crippen molar-refractivity contribution < 1.29 is 9.59 Å². The maximum Gasteiger partial charge on any atom is 0.269 e. The monoisotopic (exact) mass is 380 g/mol. The lowest BCUT2D eigenvalue weighted by Crippen LogP contribution is -2.48. The van der Waals surface area contributed by atoms with Gasteiger partial charge in [-0.2, -0.15) is 0 Å². The highest BCUT2D eigenvalue weighted by Crippen LogP contribution is 2.15. The topological polar surface area (TPSA) is 64.7 Å². The lowest BCUT2D eigenvalue weighted by atomic mass is 10.1. The molecule has 1 aliphatic heterocycles. The summed E-state index contributed by atoms with van der Waals surface area (Å²) in [6, 6.07) is 15.9. The third-order valence-corrected chi connectivity index (χ3v) is 5.23. The van der Waals surface area contributed by atoms with Gasteiger partial charge in [-0.3, -0.25) is 25.3 Å². The molecular weight excluding hydrogens is 352 g/mol. The number of rotatable bonds is 5. The first-order valence-corrected chi connectivity index (χ1v) is 9.72. The van der Waals surface area contributed by atoms with Gasteiger partial charge in [-0.15, -0.1) is 0 Å². The summed E-state index contributed by atoms with van der Waals surface area (Å²) in [6.45, 7) is 8.41. The molecule has 0 radical (unpaired) electrons. The van der Waals surface area contributed by atoms with Crippen LogP contribution in [0, 0.1) is 13.8 Å². The van der Waals surface area contributed by atoms with E-state index in [1.165, 1.54) is 5.69 Å². The molecule has 0 unspecified atom stereocenters. The summed E-state index contributed by atoms with van der Waals surface area (Å²) in [5.41, 5.74) is 8.98. The van der Waals surface area contributed by atoms with E-state index in [9.17, 15) is 9.59 Å². The van der Waals surface area contributed by atoms with Crippen LogP contribution in [-0.2, 0) is 4.79 Å². The highest BCUT2D eigenvalue weighted by atomic mass is 16.2. The highest BCUT2D eigenvalue weighted by molar-refractivity contribution is 5.95. The van der Waals surface area contributed by atoms with Crippen LogP contribution in [0.5, 0.6) is 0 Å². The molecule has 0 atom stereocenters. The number of carbonyl (C=O) groups is 2. The molecule has 1 heterocycles. The minimum atomic E-state index is -0.298. The van der Waals surface area contributed by atoms with Crippen LogP contribution in [0.1, 0.15) is 27.9 Å². The Morgan fingerprint density at radius 1 is 0.893 bits per heavy atom. The van der Waals surface area contributed by atoms with E-state index in [4.69, 9.17) is 0 Å². The van der Waals surface area contributed by atoms with E-state index in [0.717, 1.165) is 37.3 Å². The number of hydrogen-bond donors (Lipinski definition) is 2. The molecule has 2 N–H and O–H groups in total. The number of anilines is 1. The molecule has 1 aliphatic rings. The quantitative estimate of drug-likeness (QED) is 0.781. The lowest BCUT2D eigenvalue weighted by Gasteiger charge is -2.36. The fraction of sp³-hybridized carbons (Fsp3) is 0.364. The molecule has 1 fully saturated rings. The first kappa shape index (κ1) is 19.9. The number of hydrogen-bond acceptors (Lipinski definition) is 4. The first-order chi connectivity index (χ1) is 13.5. The van der Waals surface area contributed by atoms with Gasteiger partial charge in [0, 0.05) is 50.4 Å². The maximum absolute atomic E-state index is 12.1. The van der Waals surface area contributed by atoms with Gasteiger partial charge >= 0.3 is 0 Å². The number of nitrogens with one attached hydrogen (secondary N) is 2. The van der Waals surface area contributed by atoms with Gasteiger partial charge in [0.2, 0.25) is 5.91 Å². The smallest absolute Gasteiger partial charge is 0.269 e. The number of carbonyl (C=O) groups excluding carboxylic acids is 2. The van der Waals surface area contributed by atoms with Crippen LogP contribution >= 0.6 is 0 Å². The molecule has 1 saturated heterocycles. The fourth-order valence-corrected chi connectivity index (χ4v) is 3.27. The third kappa shape index (κ3) is 5.33. The molecule has 0 saturated carbocycles. The Morgan fingerprint density at radius 3 is 2.29 bits per heavy atom. The van der Waals surface area contributed by atoms with Crippen molar-refractivity contribution in [2.24, 2.45) is 0 Å². The molecule has 0 bridgehead atoms. The molecule has 2 amide bonds. The summed E-state index contributed by atoms with van der Waals surface area (Å²) in [5.74, 6) is -0.476. The maximum atomic E-state index is 12.1. The van der Waals surface area contributed by atoms with Crippen LogP contribution in [0.3, 0.4) is 0 Å². The predicted molar refractivity (Wildman–Crippen MR) is 111 cm³/mol. The summed E-state index contributed by atoms with van der Waals surface area (Å²) in [4.78, 5) is 28.9. The predicted octanol–water partition coefficient (Wildman–Crippen LogP) is 2.28. The summed E-state index contributed by atoms with van der Waals surface area (Å²) < 4.78 is 0. The Morgan fingerprint density at radius 2 is 1.61 bits per heavy atom. The van der Waals surface area contributed by atoms with Gasteiger partial charge in [0.1, 0.15) is 0 Å². The summed E-state index contributed by atoms with van der Waals surface area (Å²) in [7, 11) is 0. The Labute approximate surface area is 166 Å². The van der Waals surface area contributed by atoms with Gasteiger partial charge in [-0.25, -0.2) is 0 Å². The third-order valence-electron chi connectivity index (χ3n) is 5.23. The highest BCUT2D eigenvalue weighted by Gasteiger charge is 2.17. The van der Waals surface area contributed by atoms with Gasteiger partial charge in [0.05, 0.1) is 0 Å². The molecule has 28 heavy (non-hydrogen) atoms. The van der Waals surface area contributed by atoms with Crippen molar-refractivity contribution in [1.82, 2.24) is 15.8 Å². The molecule has 2 aromatic carbocycles. The Hall–Kier alpha value is -2.86. The molecule has 6 heteroatoms. The Balaban J connectivity index is 1.37. The number of amides is 2. The molecule has 6 nitrogen and oxygen atoms in total. The van der Waals surface area contributed by atoms with Crippen molar-refractivity contribution in [2.75, 3.05) is 37.6 Å². The average Bonchev–Trinajstić information content (AvgIpc) is 2.73. The number of hydrazine groups is 1. The van der Waals surface area contributed by atoms with Crippen LogP contribution in [0.2, 0.25) is 0 Å². The van der Waals surface area contributed by atoms with Gasteiger partial charge in [0.25, 0.3) is 5.91 Å². The zero-order chi connectivity index (χ0) is 19.9. The van der Waals surface area contributed by atoms with Crippen molar-refractivity contribution in [3.8, 4) is 0 Å². The summed E-state index contributed by atoms with van der Waals surface area (Å²) >= 11 is 0. The second-order valence-electron chi connectivity index (χ2n) is 7.22. The standard InChI is InChI=1S/C22H28N4O2/c1-17-8-9-19(16-18(17)2)22(28)24-23-21(27)10-11-25-12-14-26(15-13-25)20-6-4-3-5-7-20/h3-9,16H,10-15H2,1-2H3,(H,23,27)(H,24,28). The fourth-order valence-electron chi connectivity index (χ4n) is 3.27. The average molecular weight is 380 g/mol. The van der Waals surface area contributed by atoms with Gasteiger partial charge in [-0.1, -0.05) is 24.3 Å². The molecule has 3 rings (SSSR count). The van der Waals surface area contributed by atoms with Crippen LogP contribution in [-0.4, -0.2) is 49.4 Å². The second-order valence-corrected chi connectivity index (χ2v) is 7.22. The minimum absolute atomic E-state index is 0.178. The van der Waals surface area contributed by atoms with Crippen molar-refractivity contribution in [1.29, 1.82) is 0 Å². The van der Waals surface area contributed by atoms with Crippen LogP contribution in [0.15, 0.2) is 48.5 Å². The minimum Gasteiger partial charge on any atom is -0.369 e. The molecule has 0 aliphatic carbocycles. The van der Waals surface area contributed by atoms with Crippen molar-refractivity contribution in [2.45, 2.75) is 20.3 Å². The first-order valence-electron chi connectivity index (χ1n) is 9.72. The van der Waals surface area contributed by atoms with Gasteiger partial charge in [0.15, 0.2) is 0 Å². The normalized spacial score (nSPS) is 14.6. The Bertz CT molecular complexity index is 815. The molecule has 148 valence electrons. The Kier molecular flexibility index (Phi) is 6.66. The van der Waals surface area contributed by atoms with Gasteiger partial charge in [-0.05, 0) is 49.2 Å². The van der Waals surface area contributed by atoms with E-state index in [1.807, 2.05) is 32.0 Å². The van der Waals surface area contributed by atoms with Crippen molar-refractivity contribution >= 4 is 17.5 Å². The van der Waals surface area contributed by atoms with E-state index in [-0.39, 0.29) is 11.8 Å². The van der Waals surface area contributed by atoms with E-state index < -0.39 is 0 Å². The van der Waals surface area contributed by atoms with Crippen LogP contribution < -0.4 is 15.8 Å². The largest absolute Gasteiger partial charge is 0.369 e.